The Morgan fingerprint density at radius 2 is 1.96 bits per heavy atom. The maximum atomic E-state index is 12.7. The molecule has 0 bridgehead atoms. The number of hydrogen-bond acceptors (Lipinski definition) is 4. The molecule has 2 heterocycles. The lowest BCUT2D eigenvalue weighted by Crippen LogP contribution is -2.27. The quantitative estimate of drug-likeness (QED) is 0.735. The molecule has 0 aliphatic carbocycles. The summed E-state index contributed by atoms with van der Waals surface area (Å²) in [5, 5.41) is 11.7. The first-order valence-electron chi connectivity index (χ1n) is 7.67. The lowest BCUT2D eigenvalue weighted by atomic mass is 10.2. The van der Waals surface area contributed by atoms with Crippen molar-refractivity contribution in [2.24, 2.45) is 7.05 Å². The fourth-order valence-corrected chi connectivity index (χ4v) is 3.49. The predicted octanol–water partition coefficient (Wildman–Crippen LogP) is 2.98. The molecule has 130 valence electrons. The Morgan fingerprint density at radius 3 is 2.60 bits per heavy atom. The number of carboxylic acids is 1. The first-order valence-corrected chi connectivity index (χ1v) is 8.55. The van der Waals surface area contributed by atoms with Gasteiger partial charge in [-0.25, -0.2) is 4.79 Å². The van der Waals surface area contributed by atoms with Gasteiger partial charge in [-0.1, -0.05) is 12.1 Å². The minimum atomic E-state index is -1.02. The second kappa shape index (κ2) is 6.98. The van der Waals surface area contributed by atoms with Gasteiger partial charge in [-0.3, -0.25) is 4.79 Å². The normalized spacial score (nSPS) is 10.8. The summed E-state index contributed by atoms with van der Waals surface area (Å²) in [5.41, 5.74) is 1.60. The average molecular weight is 358 g/mol. The zero-order valence-corrected chi connectivity index (χ0v) is 14.7. The SMILES string of the molecule is CN(Cc1ccc(OCC(=O)O)cc1)C(=O)c1cc2ccsc2n1C. The number of hydrogen-bond donors (Lipinski definition) is 1. The molecule has 1 aromatic carbocycles. The van der Waals surface area contributed by atoms with Gasteiger partial charge in [0, 0.05) is 26.0 Å². The van der Waals surface area contributed by atoms with E-state index in [1.54, 1.807) is 35.4 Å². The number of carbonyl (C=O) groups excluding carboxylic acids is 1. The van der Waals surface area contributed by atoms with Gasteiger partial charge in [0.05, 0.1) is 0 Å². The van der Waals surface area contributed by atoms with Crippen molar-refractivity contribution in [3.63, 3.8) is 0 Å². The van der Waals surface area contributed by atoms with Crippen LogP contribution in [0, 0.1) is 0 Å². The summed E-state index contributed by atoms with van der Waals surface area (Å²) in [4.78, 5) is 25.9. The van der Waals surface area contributed by atoms with E-state index in [2.05, 4.69) is 0 Å². The predicted molar refractivity (Wildman–Crippen MR) is 96.2 cm³/mol. The summed E-state index contributed by atoms with van der Waals surface area (Å²) in [6, 6.07) is 11.0. The van der Waals surface area contributed by atoms with Gasteiger partial charge in [0.15, 0.2) is 6.61 Å². The molecule has 0 saturated heterocycles. The van der Waals surface area contributed by atoms with Crippen LogP contribution >= 0.6 is 11.3 Å². The number of fused-ring (bicyclic) bond motifs is 1. The maximum absolute atomic E-state index is 12.7. The molecular formula is C18H18N2O4S. The average Bonchev–Trinajstić information content (AvgIpc) is 3.16. The first kappa shape index (κ1) is 17.0. The van der Waals surface area contributed by atoms with Crippen molar-refractivity contribution in [2.45, 2.75) is 6.54 Å². The summed E-state index contributed by atoms with van der Waals surface area (Å²) in [6.45, 7) is 0.0826. The molecule has 0 saturated carbocycles. The molecule has 1 amide bonds. The van der Waals surface area contributed by atoms with E-state index in [9.17, 15) is 9.59 Å². The highest BCUT2D eigenvalue weighted by molar-refractivity contribution is 7.16. The van der Waals surface area contributed by atoms with Crippen molar-refractivity contribution >= 4 is 33.4 Å². The number of aliphatic carboxylic acids is 1. The van der Waals surface area contributed by atoms with Gasteiger partial charge in [-0.05, 0) is 35.2 Å². The first-order chi connectivity index (χ1) is 12.0. The maximum Gasteiger partial charge on any atom is 0.341 e. The van der Waals surface area contributed by atoms with E-state index in [1.807, 2.05) is 41.3 Å². The Morgan fingerprint density at radius 1 is 1.24 bits per heavy atom. The molecule has 0 radical (unpaired) electrons. The zero-order valence-electron chi connectivity index (χ0n) is 13.9. The number of carboxylic acid groups (broad SMARTS) is 1. The molecule has 0 spiro atoms. The van der Waals surface area contributed by atoms with Crippen LogP contribution in [-0.4, -0.2) is 40.1 Å². The molecule has 0 unspecified atom stereocenters. The van der Waals surface area contributed by atoms with E-state index in [-0.39, 0.29) is 12.5 Å². The van der Waals surface area contributed by atoms with Gasteiger partial charge in [0.25, 0.3) is 5.91 Å². The lowest BCUT2D eigenvalue weighted by Gasteiger charge is -2.18. The molecule has 0 aliphatic rings. The number of nitrogens with zero attached hydrogens (tertiary/aromatic N) is 2. The Hall–Kier alpha value is -2.80. The zero-order chi connectivity index (χ0) is 18.0. The van der Waals surface area contributed by atoms with Crippen LogP contribution in [0.2, 0.25) is 0 Å². The summed E-state index contributed by atoms with van der Waals surface area (Å²) >= 11 is 1.61. The second-order valence-electron chi connectivity index (χ2n) is 5.76. The molecule has 6 nitrogen and oxygen atoms in total. The van der Waals surface area contributed by atoms with Crippen molar-refractivity contribution in [3.05, 3.63) is 53.0 Å². The molecule has 1 N–H and O–H groups in total. The van der Waals surface area contributed by atoms with Gasteiger partial charge < -0.3 is 19.3 Å². The summed E-state index contributed by atoms with van der Waals surface area (Å²) in [7, 11) is 3.66. The minimum absolute atomic E-state index is 0.0443. The van der Waals surface area contributed by atoms with Crippen LogP contribution in [0.25, 0.3) is 10.2 Å². The van der Waals surface area contributed by atoms with Crippen LogP contribution in [0.3, 0.4) is 0 Å². The van der Waals surface area contributed by atoms with Crippen LogP contribution in [0.4, 0.5) is 0 Å². The van der Waals surface area contributed by atoms with Crippen molar-refractivity contribution in [1.29, 1.82) is 0 Å². The van der Waals surface area contributed by atoms with Crippen molar-refractivity contribution in [2.75, 3.05) is 13.7 Å². The van der Waals surface area contributed by atoms with E-state index >= 15 is 0 Å². The van der Waals surface area contributed by atoms with E-state index in [0.29, 0.717) is 18.0 Å². The van der Waals surface area contributed by atoms with Crippen LogP contribution in [0.15, 0.2) is 41.8 Å². The van der Waals surface area contributed by atoms with Crippen molar-refractivity contribution < 1.29 is 19.4 Å². The molecule has 0 fully saturated rings. The lowest BCUT2D eigenvalue weighted by molar-refractivity contribution is -0.139. The van der Waals surface area contributed by atoms with E-state index in [1.165, 1.54) is 0 Å². The van der Waals surface area contributed by atoms with Crippen LogP contribution in [0.1, 0.15) is 16.1 Å². The largest absolute Gasteiger partial charge is 0.482 e. The van der Waals surface area contributed by atoms with Gasteiger partial charge in [-0.2, -0.15) is 0 Å². The third-order valence-corrected chi connectivity index (χ3v) is 4.91. The van der Waals surface area contributed by atoms with Gasteiger partial charge >= 0.3 is 5.97 Å². The summed E-state index contributed by atoms with van der Waals surface area (Å²) in [5.74, 6) is -0.572. The van der Waals surface area contributed by atoms with Gasteiger partial charge in [0.1, 0.15) is 16.3 Å². The minimum Gasteiger partial charge on any atom is -0.482 e. The monoisotopic (exact) mass is 358 g/mol. The Balaban J connectivity index is 1.67. The van der Waals surface area contributed by atoms with Gasteiger partial charge in [0.2, 0.25) is 0 Å². The van der Waals surface area contributed by atoms with Crippen LogP contribution in [-0.2, 0) is 18.4 Å². The molecule has 7 heteroatoms. The standard InChI is InChI=1S/C18H18N2O4S/c1-19(10-12-3-5-14(6-4-12)24-11-16(21)22)17(23)15-9-13-7-8-25-18(13)20(15)2/h3-9H,10-11H2,1-2H3,(H,21,22). The smallest absolute Gasteiger partial charge is 0.341 e. The summed E-state index contributed by atoms with van der Waals surface area (Å²) < 4.78 is 7.02. The molecule has 25 heavy (non-hydrogen) atoms. The molecular weight excluding hydrogens is 340 g/mol. The molecule has 0 atom stereocenters. The number of rotatable bonds is 6. The van der Waals surface area contributed by atoms with Crippen molar-refractivity contribution in [3.8, 4) is 5.75 Å². The van der Waals surface area contributed by atoms with Crippen molar-refractivity contribution in [1.82, 2.24) is 9.47 Å². The molecule has 2 aromatic heterocycles. The van der Waals surface area contributed by atoms with Crippen LogP contribution in [0.5, 0.6) is 5.75 Å². The Kier molecular flexibility index (Phi) is 4.76. The third kappa shape index (κ3) is 3.66. The van der Waals surface area contributed by atoms with E-state index in [0.717, 1.165) is 15.8 Å². The molecule has 3 rings (SSSR count). The fraction of sp³-hybridized carbons (Fsp3) is 0.222. The van der Waals surface area contributed by atoms with E-state index in [4.69, 9.17) is 9.84 Å². The van der Waals surface area contributed by atoms with Gasteiger partial charge in [-0.15, -0.1) is 11.3 Å². The highest BCUT2D eigenvalue weighted by Crippen LogP contribution is 2.25. The number of benzene rings is 1. The molecule has 0 aliphatic heterocycles. The summed E-state index contributed by atoms with van der Waals surface area (Å²) in [6.07, 6.45) is 0. The highest BCUT2D eigenvalue weighted by Gasteiger charge is 2.18. The van der Waals surface area contributed by atoms with Crippen LogP contribution < -0.4 is 4.74 Å². The number of aryl methyl sites for hydroxylation is 1. The number of ether oxygens (including phenoxy) is 1. The second-order valence-corrected chi connectivity index (χ2v) is 6.65. The Labute approximate surface area is 148 Å². The number of thiophene rings is 1. The number of amides is 1. The topological polar surface area (TPSA) is 71.8 Å². The third-order valence-electron chi connectivity index (χ3n) is 3.90. The number of carbonyl (C=O) groups is 2. The molecule has 3 aromatic rings. The fourth-order valence-electron chi connectivity index (χ4n) is 2.63. The number of aromatic nitrogens is 1. The Bertz CT molecular complexity index is 911. The highest BCUT2D eigenvalue weighted by atomic mass is 32.1. The van der Waals surface area contributed by atoms with E-state index < -0.39 is 5.97 Å².